The summed E-state index contributed by atoms with van der Waals surface area (Å²) < 4.78 is 6.71. The van der Waals surface area contributed by atoms with E-state index in [0.29, 0.717) is 27.2 Å². The molecule has 0 fully saturated rings. The first-order valence-corrected chi connectivity index (χ1v) is 15.7. The van der Waals surface area contributed by atoms with E-state index in [1.165, 1.54) is 39.6 Å². The van der Waals surface area contributed by atoms with Gasteiger partial charge in [-0.1, -0.05) is 120 Å². The zero-order valence-electron chi connectivity index (χ0n) is 23.7. The van der Waals surface area contributed by atoms with E-state index in [1.807, 2.05) is 67.6 Å². The van der Waals surface area contributed by atoms with Gasteiger partial charge in [0.2, 0.25) is 5.13 Å². The fourth-order valence-electron chi connectivity index (χ4n) is 4.76. The van der Waals surface area contributed by atoms with E-state index >= 15 is 0 Å². The summed E-state index contributed by atoms with van der Waals surface area (Å²) in [4.78, 5) is 28.6. The van der Waals surface area contributed by atoms with Crippen molar-refractivity contribution in [3.63, 3.8) is 0 Å². The second-order valence-electron chi connectivity index (χ2n) is 10.1. The largest absolute Gasteiger partial charge is 0.503 e. The molecule has 0 saturated carbocycles. The first kappa shape index (κ1) is 29.1. The number of thioether (sulfide) groups is 1. The third kappa shape index (κ3) is 6.49. The molecule has 0 bridgehead atoms. The van der Waals surface area contributed by atoms with Gasteiger partial charge >= 0.3 is 0 Å². The number of aliphatic hydroxyl groups is 1. The molecule has 1 atom stereocenters. The molecule has 0 spiro atoms. The Hall–Kier alpha value is -4.99. The Morgan fingerprint density at radius 2 is 1.64 bits per heavy atom. The fraction of sp³-hybridized carbons (Fsp3) is 0.0857. The number of rotatable bonds is 10. The number of carbonyl (C=O) groups is 2. The maximum absolute atomic E-state index is 13.6. The number of hydrogen-bond acceptors (Lipinski definition) is 8. The van der Waals surface area contributed by atoms with Gasteiger partial charge < -0.3 is 9.84 Å². The highest BCUT2D eigenvalue weighted by Gasteiger charge is 2.45. The molecule has 1 aliphatic rings. The summed E-state index contributed by atoms with van der Waals surface area (Å²) in [5.41, 5.74) is 3.68. The summed E-state index contributed by atoms with van der Waals surface area (Å²) in [6.07, 6.45) is 3.03. The molecule has 9 heteroatoms. The van der Waals surface area contributed by atoms with Crippen molar-refractivity contribution in [2.75, 3.05) is 4.90 Å². The number of allylic oxidation sites excluding steroid dienone is 1. The first-order valence-electron chi connectivity index (χ1n) is 13.8. The Morgan fingerprint density at radius 3 is 2.39 bits per heavy atom. The van der Waals surface area contributed by atoms with Crippen LogP contribution in [-0.2, 0) is 15.3 Å². The molecule has 2 heterocycles. The molecule has 1 amide bonds. The average Bonchev–Trinajstić information content (AvgIpc) is 3.62. The van der Waals surface area contributed by atoms with E-state index < -0.39 is 23.5 Å². The average molecular weight is 618 g/mol. The monoisotopic (exact) mass is 617 g/mol. The number of nitrogens with zero attached hydrogens (tertiary/aromatic N) is 3. The highest BCUT2D eigenvalue weighted by Crippen LogP contribution is 2.44. The molecule has 4 aromatic carbocycles. The molecule has 5 aromatic rings. The van der Waals surface area contributed by atoms with Crippen molar-refractivity contribution in [2.24, 2.45) is 0 Å². The van der Waals surface area contributed by atoms with Crippen LogP contribution < -0.4 is 9.64 Å². The van der Waals surface area contributed by atoms with Crippen LogP contribution in [0, 0.1) is 6.92 Å². The van der Waals surface area contributed by atoms with Gasteiger partial charge in [0.1, 0.15) is 11.5 Å². The molecular weight excluding hydrogens is 591 g/mol. The zero-order valence-corrected chi connectivity index (χ0v) is 25.3. The minimum absolute atomic E-state index is 0.0388. The van der Waals surface area contributed by atoms with E-state index in [1.54, 1.807) is 30.3 Å². The number of para-hydroxylation sites is 1. The summed E-state index contributed by atoms with van der Waals surface area (Å²) in [7, 11) is 0. The summed E-state index contributed by atoms with van der Waals surface area (Å²) in [5, 5.41) is 20.0. The van der Waals surface area contributed by atoms with Crippen LogP contribution in [0.4, 0.5) is 5.13 Å². The maximum atomic E-state index is 13.6. The van der Waals surface area contributed by atoms with Gasteiger partial charge in [0.25, 0.3) is 5.91 Å². The minimum Gasteiger partial charge on any atom is -0.503 e. The van der Waals surface area contributed by atoms with Crippen LogP contribution in [0.25, 0.3) is 6.08 Å². The normalized spacial score (nSPS) is 14.9. The van der Waals surface area contributed by atoms with E-state index in [9.17, 15) is 14.7 Å². The predicted molar refractivity (Wildman–Crippen MR) is 174 cm³/mol. The number of aromatic nitrogens is 2. The summed E-state index contributed by atoms with van der Waals surface area (Å²) >= 11 is 2.74. The van der Waals surface area contributed by atoms with Crippen LogP contribution >= 0.6 is 23.1 Å². The number of benzene rings is 4. The third-order valence-corrected chi connectivity index (χ3v) is 9.06. The summed E-state index contributed by atoms with van der Waals surface area (Å²) in [6, 6.07) is 33.1. The number of ether oxygens (including phenoxy) is 1. The van der Waals surface area contributed by atoms with Gasteiger partial charge in [-0.05, 0) is 54.0 Å². The van der Waals surface area contributed by atoms with Gasteiger partial charge in [-0.3, -0.25) is 14.5 Å². The number of hydrogen-bond donors (Lipinski definition) is 1. The third-order valence-electron chi connectivity index (χ3n) is 6.94. The lowest BCUT2D eigenvalue weighted by Crippen LogP contribution is -2.30. The first-order chi connectivity index (χ1) is 21.5. The lowest BCUT2D eigenvalue weighted by molar-refractivity contribution is -0.117. The van der Waals surface area contributed by atoms with E-state index in [0.717, 1.165) is 11.1 Å². The molecule has 1 unspecified atom stereocenters. The highest BCUT2D eigenvalue weighted by atomic mass is 32.2. The molecular formula is C35H27N3O4S2. The Morgan fingerprint density at radius 1 is 0.932 bits per heavy atom. The quantitative estimate of drug-likeness (QED) is 0.0961. The van der Waals surface area contributed by atoms with Crippen molar-refractivity contribution in [1.29, 1.82) is 0 Å². The van der Waals surface area contributed by atoms with E-state index in [2.05, 4.69) is 34.5 Å². The summed E-state index contributed by atoms with van der Waals surface area (Å²) in [5.74, 6) is 0.0285. The number of amides is 1. The van der Waals surface area contributed by atoms with Crippen molar-refractivity contribution in [3.8, 4) is 11.5 Å². The zero-order chi connectivity index (χ0) is 30.5. The highest BCUT2D eigenvalue weighted by molar-refractivity contribution is 8.00. The van der Waals surface area contributed by atoms with Gasteiger partial charge in [-0.2, -0.15) is 0 Å². The van der Waals surface area contributed by atoms with Crippen LogP contribution in [0.2, 0.25) is 0 Å². The van der Waals surface area contributed by atoms with Crippen molar-refractivity contribution in [1.82, 2.24) is 10.2 Å². The molecule has 0 saturated heterocycles. The lowest BCUT2D eigenvalue weighted by Gasteiger charge is -2.24. The van der Waals surface area contributed by atoms with Gasteiger partial charge in [-0.25, -0.2) is 0 Å². The molecule has 44 heavy (non-hydrogen) atoms. The Kier molecular flexibility index (Phi) is 8.67. The second kappa shape index (κ2) is 13.1. The van der Waals surface area contributed by atoms with E-state index in [4.69, 9.17) is 4.74 Å². The number of aliphatic hydroxyl groups excluding tert-OH is 1. The van der Waals surface area contributed by atoms with Gasteiger partial charge in [0.15, 0.2) is 15.9 Å². The van der Waals surface area contributed by atoms with Crippen molar-refractivity contribution in [3.05, 3.63) is 149 Å². The van der Waals surface area contributed by atoms with Crippen LogP contribution in [0.1, 0.15) is 28.3 Å². The van der Waals surface area contributed by atoms with Crippen LogP contribution in [0.3, 0.4) is 0 Å². The number of anilines is 1. The standard InChI is InChI=1S/C35H27N3O4S2/c1-23-15-17-25(18-16-23)22-43-35-37-36-34(44-35)38-31(26-11-8-14-28(21-26)42-27-12-6-3-7-13-27)30(32(40)33(38)41)29(39)20-19-24-9-4-2-5-10-24/h2-21,31,40H,22H2,1H3/b20-19+. The fourth-order valence-corrected chi connectivity index (χ4v) is 6.58. The molecule has 6 rings (SSSR count). The number of ketones is 1. The molecule has 218 valence electrons. The Balaban J connectivity index is 1.33. The van der Waals surface area contributed by atoms with Crippen LogP contribution in [0.5, 0.6) is 11.5 Å². The lowest BCUT2D eigenvalue weighted by atomic mass is 9.95. The molecule has 1 aromatic heterocycles. The molecule has 0 radical (unpaired) electrons. The molecule has 7 nitrogen and oxygen atoms in total. The van der Waals surface area contributed by atoms with Gasteiger partial charge in [-0.15, -0.1) is 10.2 Å². The minimum atomic E-state index is -0.947. The number of aryl methyl sites for hydroxylation is 1. The molecule has 0 aliphatic carbocycles. The smallest absolute Gasteiger partial charge is 0.296 e. The topological polar surface area (TPSA) is 92.6 Å². The maximum Gasteiger partial charge on any atom is 0.296 e. The second-order valence-corrected chi connectivity index (χ2v) is 12.2. The van der Waals surface area contributed by atoms with Crippen molar-refractivity contribution < 1.29 is 19.4 Å². The molecule has 1 aliphatic heterocycles. The SMILES string of the molecule is Cc1ccc(CSc2nnc(N3C(=O)C(O)=C(C(=O)/C=C/c4ccccc4)C3c3cccc(Oc4ccccc4)c3)s2)cc1. The predicted octanol–water partition coefficient (Wildman–Crippen LogP) is 8.11. The van der Waals surface area contributed by atoms with Crippen molar-refractivity contribution in [2.45, 2.75) is 23.1 Å². The number of carbonyl (C=O) groups excluding carboxylic acids is 2. The molecule has 1 N–H and O–H groups in total. The Bertz CT molecular complexity index is 1850. The Labute approximate surface area is 263 Å². The van der Waals surface area contributed by atoms with Crippen molar-refractivity contribution >= 4 is 46.0 Å². The van der Waals surface area contributed by atoms with Gasteiger partial charge in [0.05, 0.1) is 11.6 Å². The van der Waals surface area contributed by atoms with Crippen LogP contribution in [-0.4, -0.2) is 27.0 Å². The summed E-state index contributed by atoms with van der Waals surface area (Å²) in [6.45, 7) is 2.04. The van der Waals surface area contributed by atoms with Crippen LogP contribution in [0.15, 0.2) is 131 Å². The van der Waals surface area contributed by atoms with E-state index in [-0.39, 0.29) is 10.7 Å². The van der Waals surface area contributed by atoms with Gasteiger partial charge in [0, 0.05) is 5.75 Å².